The largest absolute Gasteiger partial charge is 0.276 e. The number of rotatable bonds is 3. The molecule has 0 aliphatic carbocycles. The highest BCUT2D eigenvalue weighted by Crippen LogP contribution is 2.31. The zero-order valence-electron chi connectivity index (χ0n) is 12.3. The molecule has 5 nitrogen and oxygen atoms in total. The van der Waals surface area contributed by atoms with Gasteiger partial charge in [0.2, 0.25) is 10.0 Å². The van der Waals surface area contributed by atoms with Gasteiger partial charge in [-0.05, 0) is 31.0 Å². The maximum Gasteiger partial charge on any atom is 0.244 e. The van der Waals surface area contributed by atoms with Crippen molar-refractivity contribution in [1.82, 2.24) is 14.1 Å². The van der Waals surface area contributed by atoms with Gasteiger partial charge in [0.05, 0.1) is 10.7 Å². The van der Waals surface area contributed by atoms with E-state index in [9.17, 15) is 8.42 Å². The monoisotopic (exact) mass is 339 g/mol. The fraction of sp³-hybridized carbons (Fsp3) is 0.400. The molecule has 0 bridgehead atoms. The average Bonchev–Trinajstić information content (AvgIpc) is 2.94. The van der Waals surface area contributed by atoms with Crippen molar-refractivity contribution in [2.75, 3.05) is 13.1 Å². The first-order chi connectivity index (χ1) is 10.5. The predicted molar refractivity (Wildman–Crippen MR) is 85.4 cm³/mol. The van der Waals surface area contributed by atoms with Crippen molar-refractivity contribution in [3.05, 3.63) is 47.2 Å². The van der Waals surface area contributed by atoms with Gasteiger partial charge in [-0.2, -0.15) is 9.40 Å². The predicted octanol–water partition coefficient (Wildman–Crippen LogP) is 2.64. The van der Waals surface area contributed by atoms with Gasteiger partial charge in [0.1, 0.15) is 4.90 Å². The molecule has 1 atom stereocenters. The van der Waals surface area contributed by atoms with E-state index in [2.05, 4.69) is 5.10 Å². The van der Waals surface area contributed by atoms with Crippen LogP contribution in [-0.4, -0.2) is 35.6 Å². The zero-order chi connectivity index (χ0) is 15.7. The van der Waals surface area contributed by atoms with Crippen LogP contribution in [0.1, 0.15) is 24.5 Å². The van der Waals surface area contributed by atoms with Crippen molar-refractivity contribution in [1.29, 1.82) is 0 Å². The number of aryl methyl sites for hydroxylation is 1. The fourth-order valence-corrected chi connectivity index (χ4v) is 4.86. The highest BCUT2D eigenvalue weighted by molar-refractivity contribution is 7.89. The van der Waals surface area contributed by atoms with Gasteiger partial charge >= 0.3 is 0 Å². The summed E-state index contributed by atoms with van der Waals surface area (Å²) in [6.45, 7) is 0.974. The van der Waals surface area contributed by atoms with E-state index in [1.54, 1.807) is 28.9 Å². The van der Waals surface area contributed by atoms with Crippen molar-refractivity contribution in [3.63, 3.8) is 0 Å². The Labute approximate surface area is 135 Å². The third-order valence-corrected chi connectivity index (χ3v) is 6.36. The van der Waals surface area contributed by atoms with Crippen LogP contribution in [0, 0.1) is 0 Å². The molecule has 1 aliphatic rings. The van der Waals surface area contributed by atoms with E-state index in [0.717, 1.165) is 18.5 Å². The minimum atomic E-state index is -3.56. The third-order valence-electron chi connectivity index (χ3n) is 3.99. The molecule has 0 spiro atoms. The van der Waals surface area contributed by atoms with Gasteiger partial charge in [-0.3, -0.25) is 4.68 Å². The van der Waals surface area contributed by atoms with Gasteiger partial charge in [0.25, 0.3) is 0 Å². The Morgan fingerprint density at radius 2 is 2.05 bits per heavy atom. The number of hydrogen-bond acceptors (Lipinski definition) is 3. The molecule has 22 heavy (non-hydrogen) atoms. The van der Waals surface area contributed by atoms with Crippen molar-refractivity contribution in [2.45, 2.75) is 23.7 Å². The lowest BCUT2D eigenvalue weighted by Gasteiger charge is -2.31. The molecule has 1 aromatic carbocycles. The van der Waals surface area contributed by atoms with Gasteiger partial charge in [-0.25, -0.2) is 8.42 Å². The molecular formula is C15H18ClN3O2S. The first-order valence-electron chi connectivity index (χ1n) is 7.23. The summed E-state index contributed by atoms with van der Waals surface area (Å²) in [5, 5.41) is 4.68. The van der Waals surface area contributed by atoms with Gasteiger partial charge < -0.3 is 0 Å². The van der Waals surface area contributed by atoms with E-state index in [0.29, 0.717) is 13.1 Å². The standard InChI is InChI=1S/C15H18ClN3O2S/c1-18-10-8-14(17-18)12-5-4-9-19(11-12)22(20,21)15-7-3-2-6-13(15)16/h2-3,6-8,10,12H,4-5,9,11H2,1H3/t12-/m1/s1. The highest BCUT2D eigenvalue weighted by Gasteiger charge is 2.32. The molecule has 7 heteroatoms. The molecule has 1 saturated heterocycles. The Bertz CT molecular complexity index is 773. The van der Waals surface area contributed by atoms with Gasteiger partial charge in [0.15, 0.2) is 0 Å². The summed E-state index contributed by atoms with van der Waals surface area (Å²) in [6, 6.07) is 8.54. The molecule has 1 fully saturated rings. The number of piperidine rings is 1. The van der Waals surface area contributed by atoms with Crippen molar-refractivity contribution in [2.24, 2.45) is 7.05 Å². The van der Waals surface area contributed by atoms with E-state index in [-0.39, 0.29) is 15.8 Å². The molecule has 3 rings (SSSR count). The minimum Gasteiger partial charge on any atom is -0.276 e. The molecule has 0 N–H and O–H groups in total. The maximum atomic E-state index is 12.8. The first kappa shape index (κ1) is 15.5. The second-order valence-electron chi connectivity index (χ2n) is 5.55. The van der Waals surface area contributed by atoms with E-state index in [1.807, 2.05) is 19.3 Å². The van der Waals surface area contributed by atoms with Crippen molar-refractivity contribution >= 4 is 21.6 Å². The van der Waals surface area contributed by atoms with E-state index in [4.69, 9.17) is 11.6 Å². The van der Waals surface area contributed by atoms with Gasteiger partial charge in [0, 0.05) is 32.3 Å². The topological polar surface area (TPSA) is 55.2 Å². The summed E-state index contributed by atoms with van der Waals surface area (Å²) in [7, 11) is -1.69. The quantitative estimate of drug-likeness (QED) is 0.863. The van der Waals surface area contributed by atoms with Gasteiger partial charge in [-0.1, -0.05) is 23.7 Å². The van der Waals surface area contributed by atoms with Crippen LogP contribution in [0.2, 0.25) is 5.02 Å². The molecule has 0 amide bonds. The maximum absolute atomic E-state index is 12.8. The second kappa shape index (κ2) is 6.02. The Hall–Kier alpha value is -1.37. The summed E-state index contributed by atoms with van der Waals surface area (Å²) >= 11 is 6.06. The summed E-state index contributed by atoms with van der Waals surface area (Å²) in [5.41, 5.74) is 0.946. The zero-order valence-corrected chi connectivity index (χ0v) is 13.9. The molecule has 0 radical (unpaired) electrons. The first-order valence-corrected chi connectivity index (χ1v) is 9.04. The molecule has 1 aromatic heterocycles. The van der Waals surface area contributed by atoms with E-state index >= 15 is 0 Å². The van der Waals surface area contributed by atoms with Crippen molar-refractivity contribution in [3.8, 4) is 0 Å². The van der Waals surface area contributed by atoms with Crippen LogP contribution in [-0.2, 0) is 17.1 Å². The van der Waals surface area contributed by atoms with Crippen LogP contribution in [0.3, 0.4) is 0 Å². The summed E-state index contributed by atoms with van der Waals surface area (Å²) in [6.07, 6.45) is 3.66. The summed E-state index contributed by atoms with van der Waals surface area (Å²) in [5.74, 6) is 0.132. The molecule has 0 unspecified atom stereocenters. The minimum absolute atomic E-state index is 0.132. The summed E-state index contributed by atoms with van der Waals surface area (Å²) < 4.78 is 28.9. The Kier molecular flexibility index (Phi) is 4.25. The third kappa shape index (κ3) is 2.91. The average molecular weight is 340 g/mol. The number of hydrogen-bond donors (Lipinski definition) is 0. The smallest absolute Gasteiger partial charge is 0.244 e. The van der Waals surface area contributed by atoms with Crippen LogP contribution >= 0.6 is 11.6 Å². The van der Waals surface area contributed by atoms with Crippen LogP contribution in [0.25, 0.3) is 0 Å². The number of nitrogens with zero attached hydrogens (tertiary/aromatic N) is 3. The van der Waals surface area contributed by atoms with Crippen LogP contribution in [0.5, 0.6) is 0 Å². The van der Waals surface area contributed by atoms with E-state index in [1.165, 1.54) is 4.31 Å². The molecular weight excluding hydrogens is 322 g/mol. The fourth-order valence-electron chi connectivity index (χ4n) is 2.85. The number of benzene rings is 1. The van der Waals surface area contributed by atoms with Crippen LogP contribution in [0.15, 0.2) is 41.4 Å². The number of sulfonamides is 1. The molecule has 2 heterocycles. The number of halogens is 1. The molecule has 1 aliphatic heterocycles. The Morgan fingerprint density at radius 3 is 2.73 bits per heavy atom. The number of aromatic nitrogens is 2. The lowest BCUT2D eigenvalue weighted by atomic mass is 9.96. The molecule has 2 aromatic rings. The summed E-state index contributed by atoms with van der Waals surface area (Å²) in [4.78, 5) is 0.179. The van der Waals surface area contributed by atoms with Gasteiger partial charge in [-0.15, -0.1) is 0 Å². The normalized spacial score (nSPS) is 20.2. The Morgan fingerprint density at radius 1 is 1.27 bits per heavy atom. The second-order valence-corrected chi connectivity index (χ2v) is 7.86. The lowest BCUT2D eigenvalue weighted by molar-refractivity contribution is 0.312. The molecule has 0 saturated carbocycles. The molecule has 118 valence electrons. The van der Waals surface area contributed by atoms with E-state index < -0.39 is 10.0 Å². The lowest BCUT2D eigenvalue weighted by Crippen LogP contribution is -2.39. The van der Waals surface area contributed by atoms with Crippen LogP contribution in [0.4, 0.5) is 0 Å². The highest BCUT2D eigenvalue weighted by atomic mass is 35.5. The van der Waals surface area contributed by atoms with Crippen LogP contribution < -0.4 is 0 Å². The van der Waals surface area contributed by atoms with Crippen molar-refractivity contribution < 1.29 is 8.42 Å². The SMILES string of the molecule is Cn1ccc([C@@H]2CCCN(S(=O)(=O)c3ccccc3Cl)C2)n1. The Balaban J connectivity index is 1.87.